The Bertz CT molecular complexity index is 785. The molecule has 156 valence electrons. The number of carbonyl (C=O) groups is 1. The van der Waals surface area contributed by atoms with Crippen molar-refractivity contribution in [2.45, 2.75) is 59.1 Å². The zero-order chi connectivity index (χ0) is 21.3. The summed E-state index contributed by atoms with van der Waals surface area (Å²) < 4.78 is 12.8. The van der Waals surface area contributed by atoms with E-state index in [2.05, 4.69) is 95.3 Å². The minimum absolute atomic E-state index is 0.0351. The second-order valence-corrected chi connectivity index (χ2v) is 14.3. The summed E-state index contributed by atoms with van der Waals surface area (Å²) in [5.41, 5.74) is -0.256. The maximum absolute atomic E-state index is 12.0. The van der Waals surface area contributed by atoms with Crippen LogP contribution in [0, 0.1) is 11.3 Å². The Labute approximate surface area is 176 Å². The van der Waals surface area contributed by atoms with Gasteiger partial charge in [0.15, 0.2) is 0 Å². The molecule has 1 aliphatic rings. The number of carbonyl (C=O) groups excluding carboxylic acids is 1. The Morgan fingerprint density at radius 3 is 1.79 bits per heavy atom. The lowest BCUT2D eigenvalue weighted by Gasteiger charge is -2.45. The fraction of sp³-hybridized carbons (Fsp3) is 0.480. The monoisotopic (exact) mass is 410 g/mol. The van der Waals surface area contributed by atoms with E-state index in [0.29, 0.717) is 6.61 Å². The summed E-state index contributed by atoms with van der Waals surface area (Å²) in [7, 11) is -2.58. The summed E-state index contributed by atoms with van der Waals surface area (Å²) >= 11 is 0. The molecule has 1 heterocycles. The van der Waals surface area contributed by atoms with Crippen molar-refractivity contribution in [1.29, 1.82) is 0 Å². The van der Waals surface area contributed by atoms with Gasteiger partial charge in [-0.1, -0.05) is 102 Å². The van der Waals surface area contributed by atoms with Crippen LogP contribution in [-0.4, -0.2) is 27.0 Å². The molecule has 4 heteroatoms. The first-order valence-corrected chi connectivity index (χ1v) is 12.4. The summed E-state index contributed by atoms with van der Waals surface area (Å²) in [5.74, 6) is -0.124. The lowest BCUT2D eigenvalue weighted by Crippen LogP contribution is -2.67. The van der Waals surface area contributed by atoms with Crippen LogP contribution in [0.4, 0.5) is 0 Å². The van der Waals surface area contributed by atoms with Crippen molar-refractivity contribution in [2.75, 3.05) is 6.61 Å². The maximum atomic E-state index is 12.0. The standard InChI is InChI=1S/C25H34O3Si/c1-19-17-22(28-23(19)26)25(5,6)18-27-29(24(2,3)4,20-13-9-7-10-14-20)21-15-11-8-12-16-21/h7-16,19,22H,17-18H2,1-6H3/t19?,22-/m1/s1. The molecule has 3 nitrogen and oxygen atoms in total. The third-order valence-electron chi connectivity index (χ3n) is 6.18. The van der Waals surface area contributed by atoms with E-state index in [1.807, 2.05) is 6.92 Å². The van der Waals surface area contributed by atoms with Gasteiger partial charge in [0.2, 0.25) is 0 Å². The molecule has 0 saturated carbocycles. The summed E-state index contributed by atoms with van der Waals surface area (Å²) in [5, 5.41) is 2.48. The Balaban J connectivity index is 2.01. The number of hydrogen-bond donors (Lipinski definition) is 0. The van der Waals surface area contributed by atoms with E-state index in [4.69, 9.17) is 9.16 Å². The summed E-state index contributed by atoms with van der Waals surface area (Å²) in [6.45, 7) is 13.6. The van der Waals surface area contributed by atoms with E-state index in [1.165, 1.54) is 10.4 Å². The van der Waals surface area contributed by atoms with Gasteiger partial charge >= 0.3 is 5.97 Å². The molecule has 29 heavy (non-hydrogen) atoms. The van der Waals surface area contributed by atoms with Crippen LogP contribution in [0.15, 0.2) is 60.7 Å². The molecule has 1 aliphatic heterocycles. The van der Waals surface area contributed by atoms with E-state index in [1.54, 1.807) is 0 Å². The predicted molar refractivity (Wildman–Crippen MR) is 121 cm³/mol. The summed E-state index contributed by atoms with van der Waals surface area (Å²) in [6, 6.07) is 21.3. The SMILES string of the molecule is CC1C[C@H](C(C)(C)CO[Si](c2ccccc2)(c2ccccc2)C(C)(C)C)OC1=O. The highest BCUT2D eigenvalue weighted by molar-refractivity contribution is 6.99. The average molecular weight is 411 g/mol. The third-order valence-corrected chi connectivity index (χ3v) is 11.2. The molecule has 3 rings (SSSR count). The van der Waals surface area contributed by atoms with Crippen molar-refractivity contribution in [3.8, 4) is 0 Å². The van der Waals surface area contributed by atoms with E-state index in [0.717, 1.165) is 6.42 Å². The molecule has 0 amide bonds. The predicted octanol–water partition coefficient (Wildman–Crippen LogP) is 4.54. The molecule has 2 aromatic carbocycles. The van der Waals surface area contributed by atoms with Crippen LogP contribution in [0.5, 0.6) is 0 Å². The highest BCUT2D eigenvalue weighted by Crippen LogP contribution is 2.40. The fourth-order valence-corrected chi connectivity index (χ4v) is 9.09. The van der Waals surface area contributed by atoms with Gasteiger partial charge in [0.25, 0.3) is 8.32 Å². The first kappa shape index (κ1) is 21.8. The number of benzene rings is 2. The quantitative estimate of drug-likeness (QED) is 0.518. The molecule has 2 atom stereocenters. The summed E-state index contributed by atoms with van der Waals surface area (Å²) in [6.07, 6.45) is 0.652. The van der Waals surface area contributed by atoms with Crippen molar-refractivity contribution in [1.82, 2.24) is 0 Å². The number of ether oxygens (including phenoxy) is 1. The van der Waals surface area contributed by atoms with Gasteiger partial charge in [0.05, 0.1) is 5.92 Å². The van der Waals surface area contributed by atoms with Crippen LogP contribution in [-0.2, 0) is 14.0 Å². The molecule has 1 saturated heterocycles. The molecule has 0 radical (unpaired) electrons. The lowest BCUT2D eigenvalue weighted by atomic mass is 9.84. The van der Waals surface area contributed by atoms with Crippen molar-refractivity contribution >= 4 is 24.7 Å². The fourth-order valence-electron chi connectivity index (χ4n) is 4.35. The van der Waals surface area contributed by atoms with E-state index >= 15 is 0 Å². The maximum Gasteiger partial charge on any atom is 0.309 e. The normalized spacial score (nSPS) is 20.6. The van der Waals surface area contributed by atoms with Crippen LogP contribution < -0.4 is 10.4 Å². The summed E-state index contributed by atoms with van der Waals surface area (Å²) in [4.78, 5) is 12.0. The first-order valence-electron chi connectivity index (χ1n) is 10.5. The minimum atomic E-state index is -2.58. The third kappa shape index (κ3) is 4.19. The second kappa shape index (κ2) is 8.08. The smallest absolute Gasteiger partial charge is 0.309 e. The van der Waals surface area contributed by atoms with Crippen LogP contribution in [0.25, 0.3) is 0 Å². The van der Waals surface area contributed by atoms with Crippen molar-refractivity contribution in [2.24, 2.45) is 11.3 Å². The number of esters is 1. The van der Waals surface area contributed by atoms with Gasteiger partial charge in [-0.3, -0.25) is 4.79 Å². The lowest BCUT2D eigenvalue weighted by molar-refractivity contribution is -0.148. The Morgan fingerprint density at radius 2 is 1.41 bits per heavy atom. The van der Waals surface area contributed by atoms with Gasteiger partial charge in [-0.05, 0) is 21.8 Å². The zero-order valence-electron chi connectivity index (χ0n) is 18.6. The van der Waals surface area contributed by atoms with E-state index in [-0.39, 0.29) is 28.4 Å². The molecule has 0 bridgehead atoms. The molecule has 1 unspecified atom stereocenters. The van der Waals surface area contributed by atoms with Gasteiger partial charge in [-0.2, -0.15) is 0 Å². The van der Waals surface area contributed by atoms with Crippen LogP contribution in [0.3, 0.4) is 0 Å². The van der Waals surface area contributed by atoms with Crippen LogP contribution in [0.2, 0.25) is 5.04 Å². The largest absolute Gasteiger partial charge is 0.461 e. The number of rotatable bonds is 6. The van der Waals surface area contributed by atoms with E-state index < -0.39 is 8.32 Å². The first-order chi connectivity index (χ1) is 13.6. The molecule has 0 N–H and O–H groups in total. The Kier molecular flexibility index (Phi) is 6.07. The molecular weight excluding hydrogens is 376 g/mol. The van der Waals surface area contributed by atoms with Crippen LogP contribution in [0.1, 0.15) is 48.0 Å². The average Bonchev–Trinajstić information content (AvgIpc) is 3.02. The topological polar surface area (TPSA) is 35.5 Å². The van der Waals surface area contributed by atoms with Gasteiger partial charge in [-0.25, -0.2) is 0 Å². The van der Waals surface area contributed by atoms with E-state index in [9.17, 15) is 4.79 Å². The molecule has 0 aromatic heterocycles. The molecule has 0 aliphatic carbocycles. The van der Waals surface area contributed by atoms with Gasteiger partial charge in [0.1, 0.15) is 6.10 Å². The molecular formula is C25H34O3Si. The highest BCUT2D eigenvalue weighted by atomic mass is 28.4. The van der Waals surface area contributed by atoms with Crippen molar-refractivity contribution in [3.05, 3.63) is 60.7 Å². The Hall–Kier alpha value is -1.91. The number of cyclic esters (lactones) is 1. The van der Waals surface area contributed by atoms with Gasteiger partial charge in [0, 0.05) is 12.0 Å². The molecule has 2 aromatic rings. The van der Waals surface area contributed by atoms with Gasteiger partial charge in [-0.15, -0.1) is 0 Å². The highest BCUT2D eigenvalue weighted by Gasteiger charge is 2.52. The van der Waals surface area contributed by atoms with Crippen molar-refractivity contribution < 1.29 is 14.0 Å². The zero-order valence-corrected chi connectivity index (χ0v) is 19.6. The van der Waals surface area contributed by atoms with Gasteiger partial charge < -0.3 is 9.16 Å². The Morgan fingerprint density at radius 1 is 0.931 bits per heavy atom. The number of hydrogen-bond acceptors (Lipinski definition) is 3. The molecule has 1 fully saturated rings. The molecule has 0 spiro atoms. The minimum Gasteiger partial charge on any atom is -0.461 e. The van der Waals surface area contributed by atoms with Crippen LogP contribution >= 0.6 is 0 Å². The second-order valence-electron chi connectivity index (χ2n) is 10.0. The van der Waals surface area contributed by atoms with Crippen molar-refractivity contribution in [3.63, 3.8) is 0 Å².